The van der Waals surface area contributed by atoms with E-state index >= 15 is 0 Å². The van der Waals surface area contributed by atoms with Gasteiger partial charge in [0, 0.05) is 13.1 Å². The van der Waals surface area contributed by atoms with Crippen molar-refractivity contribution in [1.29, 1.82) is 5.26 Å². The Morgan fingerprint density at radius 3 is 2.23 bits per heavy atom. The molecule has 2 aromatic carbocycles. The van der Waals surface area contributed by atoms with E-state index in [2.05, 4.69) is 16.8 Å². The molecular weight excluding hydrogens is 396 g/mol. The van der Waals surface area contributed by atoms with Gasteiger partial charge in [0.1, 0.15) is 5.69 Å². The number of hydrogen-bond acceptors (Lipinski definition) is 6. The SMILES string of the molecule is Cc1ccc(S(=O)(=O)[C@H](C#N)c2nc3ccccc3nc2N2CCC(C)CC2)cc1. The number of sulfone groups is 1. The molecule has 154 valence electrons. The second-order valence-electron chi connectivity index (χ2n) is 7.96. The second-order valence-corrected chi connectivity index (χ2v) is 9.99. The van der Waals surface area contributed by atoms with Crippen LogP contribution in [0.2, 0.25) is 0 Å². The molecule has 4 rings (SSSR count). The molecule has 1 aliphatic heterocycles. The van der Waals surface area contributed by atoms with Crippen LogP contribution in [-0.4, -0.2) is 31.5 Å². The average molecular weight is 421 g/mol. The molecule has 7 heteroatoms. The first kappa shape index (κ1) is 20.3. The van der Waals surface area contributed by atoms with Crippen molar-refractivity contribution < 1.29 is 8.42 Å². The van der Waals surface area contributed by atoms with Gasteiger partial charge in [-0.2, -0.15) is 5.26 Å². The van der Waals surface area contributed by atoms with Gasteiger partial charge in [-0.15, -0.1) is 0 Å². The zero-order valence-electron chi connectivity index (χ0n) is 17.1. The van der Waals surface area contributed by atoms with Crippen LogP contribution in [-0.2, 0) is 9.84 Å². The summed E-state index contributed by atoms with van der Waals surface area (Å²) in [5, 5.41) is 8.53. The number of fused-ring (bicyclic) bond motifs is 1. The van der Waals surface area contributed by atoms with Crippen LogP contribution < -0.4 is 4.90 Å². The maximum absolute atomic E-state index is 13.4. The lowest BCUT2D eigenvalue weighted by molar-refractivity contribution is 0.436. The van der Waals surface area contributed by atoms with Crippen LogP contribution >= 0.6 is 0 Å². The monoisotopic (exact) mass is 420 g/mol. The maximum atomic E-state index is 13.4. The lowest BCUT2D eigenvalue weighted by Crippen LogP contribution is -2.35. The molecule has 1 atom stereocenters. The minimum Gasteiger partial charge on any atom is -0.355 e. The van der Waals surface area contributed by atoms with Gasteiger partial charge in [0.15, 0.2) is 11.1 Å². The maximum Gasteiger partial charge on any atom is 0.200 e. The number of piperidine rings is 1. The molecular formula is C23H24N4O2S. The zero-order chi connectivity index (χ0) is 21.3. The molecule has 0 N–H and O–H groups in total. The predicted molar refractivity (Wildman–Crippen MR) is 117 cm³/mol. The Balaban J connectivity index is 1.87. The minimum atomic E-state index is -3.95. The van der Waals surface area contributed by atoms with Crippen LogP contribution in [0.5, 0.6) is 0 Å². The third-order valence-electron chi connectivity index (χ3n) is 5.69. The summed E-state index contributed by atoms with van der Waals surface area (Å²) in [6, 6.07) is 15.9. The normalized spacial score (nSPS) is 16.4. The second kappa shape index (κ2) is 8.04. The molecule has 0 radical (unpaired) electrons. The van der Waals surface area contributed by atoms with Crippen molar-refractivity contribution in [2.24, 2.45) is 5.92 Å². The quantitative estimate of drug-likeness (QED) is 0.628. The molecule has 1 aliphatic rings. The number of hydrogen-bond donors (Lipinski definition) is 0. The lowest BCUT2D eigenvalue weighted by Gasteiger charge is -2.32. The lowest BCUT2D eigenvalue weighted by atomic mass is 9.99. The van der Waals surface area contributed by atoms with Gasteiger partial charge in [-0.1, -0.05) is 36.8 Å². The Hall–Kier alpha value is -2.98. The van der Waals surface area contributed by atoms with Crippen LogP contribution in [0.4, 0.5) is 5.82 Å². The Bertz CT molecular complexity index is 1210. The molecule has 6 nitrogen and oxygen atoms in total. The van der Waals surface area contributed by atoms with Crippen LogP contribution in [0, 0.1) is 24.2 Å². The number of aromatic nitrogens is 2. The molecule has 0 aliphatic carbocycles. The van der Waals surface area contributed by atoms with E-state index in [1.807, 2.05) is 31.2 Å². The molecule has 1 aromatic heterocycles. The van der Waals surface area contributed by atoms with Gasteiger partial charge < -0.3 is 4.90 Å². The van der Waals surface area contributed by atoms with E-state index in [4.69, 9.17) is 4.98 Å². The molecule has 3 aromatic rings. The summed E-state index contributed by atoms with van der Waals surface area (Å²) < 4.78 is 26.8. The van der Waals surface area contributed by atoms with Crippen LogP contribution in [0.3, 0.4) is 0 Å². The average Bonchev–Trinajstić information content (AvgIpc) is 2.74. The number of aryl methyl sites for hydroxylation is 1. The van der Waals surface area contributed by atoms with E-state index < -0.39 is 15.1 Å². The van der Waals surface area contributed by atoms with E-state index in [1.165, 1.54) is 0 Å². The highest BCUT2D eigenvalue weighted by atomic mass is 32.2. The van der Waals surface area contributed by atoms with Gasteiger partial charge in [-0.05, 0) is 49.9 Å². The highest BCUT2D eigenvalue weighted by Gasteiger charge is 2.35. The van der Waals surface area contributed by atoms with Crippen LogP contribution in [0.15, 0.2) is 53.4 Å². The smallest absolute Gasteiger partial charge is 0.200 e. The Morgan fingerprint density at radius 1 is 1.03 bits per heavy atom. The summed E-state index contributed by atoms with van der Waals surface area (Å²) in [5.74, 6) is 1.11. The fraction of sp³-hybridized carbons (Fsp3) is 0.348. The Morgan fingerprint density at radius 2 is 1.63 bits per heavy atom. The summed E-state index contributed by atoms with van der Waals surface area (Å²) >= 11 is 0. The molecule has 0 spiro atoms. The van der Waals surface area contributed by atoms with E-state index in [0.717, 1.165) is 31.5 Å². The number of rotatable bonds is 4. The fourth-order valence-electron chi connectivity index (χ4n) is 3.77. The third kappa shape index (κ3) is 3.75. The molecule has 1 saturated heterocycles. The van der Waals surface area contributed by atoms with Crippen LogP contribution in [0.1, 0.15) is 36.3 Å². The summed E-state index contributed by atoms with van der Waals surface area (Å²) in [4.78, 5) is 11.6. The first-order valence-electron chi connectivity index (χ1n) is 10.1. The van der Waals surface area contributed by atoms with Gasteiger partial charge >= 0.3 is 0 Å². The molecule has 0 unspecified atom stereocenters. The molecule has 1 fully saturated rings. The predicted octanol–water partition coefficient (Wildman–Crippen LogP) is 4.21. The standard InChI is InChI=1S/C23H24N4O2S/c1-16-7-9-18(10-8-16)30(28,29)21(15-24)22-23(27-13-11-17(2)12-14-27)26-20-6-4-3-5-19(20)25-22/h3-10,17,21H,11-14H2,1-2H3/t21-/m1/s1. The highest BCUT2D eigenvalue weighted by molar-refractivity contribution is 7.92. The van der Waals surface area contributed by atoms with Crippen molar-refractivity contribution in [1.82, 2.24) is 9.97 Å². The molecule has 0 amide bonds. The van der Waals surface area contributed by atoms with E-state index in [-0.39, 0.29) is 10.6 Å². The fourth-order valence-corrected chi connectivity index (χ4v) is 5.15. The number of nitriles is 1. The van der Waals surface area contributed by atoms with Crippen LogP contribution in [0.25, 0.3) is 11.0 Å². The van der Waals surface area contributed by atoms with Crippen molar-refractivity contribution in [3.63, 3.8) is 0 Å². The number of anilines is 1. The summed E-state index contributed by atoms with van der Waals surface area (Å²) in [5.41, 5.74) is 2.45. The number of para-hydroxylation sites is 2. The molecule has 30 heavy (non-hydrogen) atoms. The Labute approximate surface area is 177 Å². The van der Waals surface area contributed by atoms with Gasteiger partial charge in [-0.3, -0.25) is 0 Å². The van der Waals surface area contributed by atoms with Crippen molar-refractivity contribution in [3.8, 4) is 6.07 Å². The van der Waals surface area contributed by atoms with Gasteiger partial charge in [-0.25, -0.2) is 18.4 Å². The third-order valence-corrected chi connectivity index (χ3v) is 7.57. The van der Waals surface area contributed by atoms with E-state index in [1.54, 1.807) is 30.3 Å². The Kier molecular flexibility index (Phi) is 5.44. The molecule has 0 bridgehead atoms. The van der Waals surface area contributed by atoms with Crippen molar-refractivity contribution in [2.45, 2.75) is 36.8 Å². The van der Waals surface area contributed by atoms with Crippen molar-refractivity contribution in [2.75, 3.05) is 18.0 Å². The number of benzene rings is 2. The summed E-state index contributed by atoms with van der Waals surface area (Å²) in [6.45, 7) is 5.64. The van der Waals surface area contributed by atoms with Crippen molar-refractivity contribution in [3.05, 3.63) is 59.8 Å². The molecule has 2 heterocycles. The topological polar surface area (TPSA) is 86.9 Å². The van der Waals surface area contributed by atoms with Gasteiger partial charge in [0.2, 0.25) is 9.84 Å². The minimum absolute atomic E-state index is 0.118. The zero-order valence-corrected chi connectivity index (χ0v) is 17.9. The number of nitrogens with zero attached hydrogens (tertiary/aromatic N) is 4. The van der Waals surface area contributed by atoms with E-state index in [0.29, 0.717) is 22.8 Å². The van der Waals surface area contributed by atoms with E-state index in [9.17, 15) is 13.7 Å². The van der Waals surface area contributed by atoms with Crippen molar-refractivity contribution >= 4 is 26.7 Å². The highest BCUT2D eigenvalue weighted by Crippen LogP contribution is 2.35. The summed E-state index contributed by atoms with van der Waals surface area (Å²) in [6.07, 6.45) is 1.99. The first-order chi connectivity index (χ1) is 14.4. The largest absolute Gasteiger partial charge is 0.355 e. The summed E-state index contributed by atoms with van der Waals surface area (Å²) in [7, 11) is -3.95. The first-order valence-corrected chi connectivity index (χ1v) is 11.7. The van der Waals surface area contributed by atoms with Gasteiger partial charge in [0.25, 0.3) is 0 Å². The molecule has 0 saturated carbocycles. The van der Waals surface area contributed by atoms with Gasteiger partial charge in [0.05, 0.1) is 22.0 Å².